The Bertz CT molecular complexity index is 699. The van der Waals surface area contributed by atoms with E-state index in [0.717, 1.165) is 17.7 Å². The van der Waals surface area contributed by atoms with E-state index in [0.29, 0.717) is 11.1 Å². The number of benzene rings is 2. The second-order valence-electron chi connectivity index (χ2n) is 6.30. The van der Waals surface area contributed by atoms with E-state index in [9.17, 15) is 21.4 Å². The molecule has 0 bridgehead atoms. The van der Waals surface area contributed by atoms with Crippen LogP contribution in [-0.2, 0) is 6.18 Å². The predicted octanol–water partition coefficient (Wildman–Crippen LogP) is 6.63. The van der Waals surface area contributed by atoms with Gasteiger partial charge in [-0.25, -0.2) is 0 Å². The minimum absolute atomic E-state index is 0.137. The second-order valence-corrected chi connectivity index (χ2v) is 9.01. The summed E-state index contributed by atoms with van der Waals surface area (Å²) < 4.78 is 66.3. The van der Waals surface area contributed by atoms with Crippen LogP contribution in [0.2, 0.25) is 12.1 Å². The van der Waals surface area contributed by atoms with Crippen LogP contribution < -0.4 is 0 Å². The fourth-order valence-electron chi connectivity index (χ4n) is 3.31. The summed E-state index contributed by atoms with van der Waals surface area (Å²) in [5, 5.41) is 0. The number of hydrogen-bond donors (Lipinski definition) is 0. The van der Waals surface area contributed by atoms with Crippen molar-refractivity contribution < 1.29 is 21.4 Å². The summed E-state index contributed by atoms with van der Waals surface area (Å²) in [5.74, 6) is -0.241. The van der Waals surface area contributed by atoms with Gasteiger partial charge in [0.15, 0.2) is 0 Å². The van der Waals surface area contributed by atoms with E-state index in [-0.39, 0.29) is 30.8 Å². The van der Waals surface area contributed by atoms with Crippen LogP contribution in [0.3, 0.4) is 0 Å². The molecule has 0 unspecified atom stereocenters. The maximum atomic E-state index is 13.5. The number of rotatable bonds is 2. The van der Waals surface area contributed by atoms with Crippen molar-refractivity contribution >= 4 is 8.74 Å². The molecule has 0 nitrogen and oxygen atoms in total. The maximum absolute atomic E-state index is 13.5. The molecule has 3 rings (SSSR count). The van der Waals surface area contributed by atoms with E-state index in [1.807, 2.05) is 30.3 Å². The van der Waals surface area contributed by atoms with Crippen LogP contribution in [-0.4, -0.2) is 8.74 Å². The summed E-state index contributed by atoms with van der Waals surface area (Å²) in [5.41, 5.74) is 1.35. The van der Waals surface area contributed by atoms with Crippen molar-refractivity contribution in [1.29, 1.82) is 0 Å². The largest absolute Gasteiger partial charge is 0.425 e. The summed E-state index contributed by atoms with van der Waals surface area (Å²) in [7, 11) is -4.13. The molecule has 0 aromatic heterocycles. The van der Waals surface area contributed by atoms with Gasteiger partial charge in [-0.1, -0.05) is 36.4 Å². The van der Waals surface area contributed by atoms with Gasteiger partial charge in [-0.05, 0) is 59.7 Å². The van der Waals surface area contributed by atoms with Gasteiger partial charge in [-0.2, -0.15) is 13.2 Å². The molecule has 0 saturated carbocycles. The molecule has 0 N–H and O–H groups in total. The number of halogens is 5. The minimum Gasteiger partial charge on any atom is -0.270 e. The van der Waals surface area contributed by atoms with E-state index in [1.165, 1.54) is 6.07 Å². The fraction of sp³-hybridized carbons (Fsp3) is 0.333. The third-order valence-corrected chi connectivity index (χ3v) is 6.66. The van der Waals surface area contributed by atoms with Crippen LogP contribution >= 0.6 is 0 Å². The normalized spacial score (nSPS) is 18.5. The van der Waals surface area contributed by atoms with Crippen molar-refractivity contribution in [2.45, 2.75) is 37.0 Å². The highest BCUT2D eigenvalue weighted by atomic mass is 28.4. The zero-order valence-electron chi connectivity index (χ0n) is 12.9. The number of alkyl halides is 3. The van der Waals surface area contributed by atoms with Gasteiger partial charge >= 0.3 is 14.9 Å². The Balaban J connectivity index is 2.03. The van der Waals surface area contributed by atoms with E-state index in [2.05, 4.69) is 0 Å². The van der Waals surface area contributed by atoms with Gasteiger partial charge in [0.2, 0.25) is 0 Å². The van der Waals surface area contributed by atoms with Gasteiger partial charge in [-0.15, -0.1) is 0 Å². The first-order valence-electron chi connectivity index (χ1n) is 7.91. The van der Waals surface area contributed by atoms with Gasteiger partial charge in [0.1, 0.15) is 0 Å². The summed E-state index contributed by atoms with van der Waals surface area (Å²) in [6.07, 6.45) is -3.90. The van der Waals surface area contributed by atoms with Gasteiger partial charge in [0, 0.05) is 0 Å². The van der Waals surface area contributed by atoms with Crippen molar-refractivity contribution in [2.24, 2.45) is 0 Å². The van der Waals surface area contributed by atoms with Crippen LogP contribution in [0.5, 0.6) is 0 Å². The van der Waals surface area contributed by atoms with Crippen LogP contribution in [0.15, 0.2) is 48.5 Å². The Morgan fingerprint density at radius 3 is 2.08 bits per heavy atom. The lowest BCUT2D eigenvalue weighted by Crippen LogP contribution is -2.28. The van der Waals surface area contributed by atoms with Crippen LogP contribution in [0.4, 0.5) is 21.4 Å². The molecule has 1 aliphatic heterocycles. The molecule has 6 heteroatoms. The molecule has 24 heavy (non-hydrogen) atoms. The highest BCUT2D eigenvalue weighted by Crippen LogP contribution is 2.44. The maximum Gasteiger partial charge on any atom is 0.425 e. The minimum atomic E-state index is -4.43. The zero-order valence-corrected chi connectivity index (χ0v) is 13.9. The first kappa shape index (κ1) is 17.1. The quantitative estimate of drug-likeness (QED) is 0.322. The van der Waals surface area contributed by atoms with E-state index < -0.39 is 20.5 Å². The topological polar surface area (TPSA) is 0 Å². The number of hydrogen-bond acceptors (Lipinski definition) is 0. The highest BCUT2D eigenvalue weighted by molar-refractivity contribution is 6.66. The molecule has 2 aromatic carbocycles. The Labute approximate surface area is 138 Å². The van der Waals surface area contributed by atoms with E-state index in [1.54, 1.807) is 0 Å². The third kappa shape index (κ3) is 3.69. The lowest BCUT2D eigenvalue weighted by molar-refractivity contribution is -0.137. The first-order valence-corrected chi connectivity index (χ1v) is 10.1. The van der Waals surface area contributed by atoms with Gasteiger partial charge in [-0.3, -0.25) is 8.22 Å². The van der Waals surface area contributed by atoms with Crippen molar-refractivity contribution in [3.8, 4) is 11.1 Å². The molecule has 0 amide bonds. The van der Waals surface area contributed by atoms with Crippen LogP contribution in [0.1, 0.15) is 29.9 Å². The molecule has 128 valence electrons. The Morgan fingerprint density at radius 1 is 0.875 bits per heavy atom. The van der Waals surface area contributed by atoms with E-state index >= 15 is 0 Å². The molecule has 1 aliphatic rings. The van der Waals surface area contributed by atoms with Crippen LogP contribution in [0.25, 0.3) is 11.1 Å². The fourth-order valence-corrected chi connectivity index (χ4v) is 5.10. The molecule has 0 spiro atoms. The Morgan fingerprint density at radius 2 is 1.50 bits per heavy atom. The SMILES string of the molecule is FC(F)(F)c1ccc(-c2ccccc2)c(C2CC[Si](F)(F)CC2)c1. The smallest absolute Gasteiger partial charge is 0.270 e. The summed E-state index contributed by atoms with van der Waals surface area (Å²) in [6, 6.07) is 12.5. The standard InChI is InChI=1S/C18H17F5Si/c19-18(20,21)15-6-7-16(13-4-2-1-3-5-13)17(12-15)14-8-10-24(22,23)11-9-14/h1-7,12,14H,8-11H2. The molecule has 1 fully saturated rings. The monoisotopic (exact) mass is 356 g/mol. The molecule has 1 saturated heterocycles. The molecule has 1 heterocycles. The second kappa shape index (κ2) is 6.31. The molecule has 0 atom stereocenters. The third-order valence-electron chi connectivity index (χ3n) is 4.62. The van der Waals surface area contributed by atoms with Gasteiger partial charge < -0.3 is 0 Å². The molecule has 0 aliphatic carbocycles. The molecular formula is C18H17F5Si. The lowest BCUT2D eigenvalue weighted by Gasteiger charge is -2.28. The van der Waals surface area contributed by atoms with Crippen molar-refractivity contribution in [1.82, 2.24) is 0 Å². The van der Waals surface area contributed by atoms with E-state index in [4.69, 9.17) is 0 Å². The summed E-state index contributed by atoms with van der Waals surface area (Å²) in [6.45, 7) is 0. The molecule has 0 radical (unpaired) electrons. The van der Waals surface area contributed by atoms with Crippen molar-refractivity contribution in [3.63, 3.8) is 0 Å². The van der Waals surface area contributed by atoms with Crippen molar-refractivity contribution in [2.75, 3.05) is 0 Å². The average molecular weight is 356 g/mol. The molecule has 2 aromatic rings. The predicted molar refractivity (Wildman–Crippen MR) is 86.4 cm³/mol. The van der Waals surface area contributed by atoms with Crippen molar-refractivity contribution in [3.05, 3.63) is 59.7 Å². The summed E-state index contributed by atoms with van der Waals surface area (Å²) in [4.78, 5) is 0. The van der Waals surface area contributed by atoms with Gasteiger partial charge in [0.25, 0.3) is 0 Å². The zero-order chi connectivity index (χ0) is 17.4. The first-order chi connectivity index (χ1) is 11.3. The van der Waals surface area contributed by atoms with Crippen LogP contribution in [0, 0.1) is 0 Å². The average Bonchev–Trinajstić information content (AvgIpc) is 2.54. The molecular weight excluding hydrogens is 339 g/mol. The Hall–Kier alpha value is -1.69. The summed E-state index contributed by atoms with van der Waals surface area (Å²) >= 11 is 0. The highest BCUT2D eigenvalue weighted by Gasteiger charge is 2.41. The van der Waals surface area contributed by atoms with Gasteiger partial charge in [0.05, 0.1) is 5.56 Å². The lowest BCUT2D eigenvalue weighted by atomic mass is 9.86. The Kier molecular flexibility index (Phi) is 4.51.